The summed E-state index contributed by atoms with van der Waals surface area (Å²) < 4.78 is 5.14. The molecule has 27 heavy (non-hydrogen) atoms. The Morgan fingerprint density at radius 2 is 2.07 bits per heavy atom. The summed E-state index contributed by atoms with van der Waals surface area (Å²) in [6.07, 6.45) is 1.52. The molecule has 0 atom stereocenters. The van der Waals surface area contributed by atoms with Gasteiger partial charge >= 0.3 is 5.97 Å². The number of halogens is 2. The Balaban J connectivity index is 2.24. The molecule has 0 spiro atoms. The van der Waals surface area contributed by atoms with Gasteiger partial charge < -0.3 is 9.72 Å². The van der Waals surface area contributed by atoms with E-state index in [1.165, 1.54) is 17.4 Å². The lowest BCUT2D eigenvalue weighted by Gasteiger charge is -2.08. The van der Waals surface area contributed by atoms with Crippen LogP contribution in [-0.4, -0.2) is 22.5 Å². The van der Waals surface area contributed by atoms with Crippen LogP contribution < -0.4 is 5.56 Å². The lowest BCUT2D eigenvalue weighted by Crippen LogP contribution is -2.15. The molecule has 0 saturated heterocycles. The average molecular weight is 423 g/mol. The van der Waals surface area contributed by atoms with E-state index in [0.29, 0.717) is 25.8 Å². The number of aromatic amines is 1. The van der Waals surface area contributed by atoms with E-state index in [-0.39, 0.29) is 23.6 Å². The molecule has 0 fully saturated rings. The molecule has 0 amide bonds. The van der Waals surface area contributed by atoms with E-state index >= 15 is 0 Å². The molecule has 2 aromatic heterocycles. The highest BCUT2D eigenvalue weighted by molar-refractivity contribution is 7.18. The largest absolute Gasteiger partial charge is 0.462 e. The van der Waals surface area contributed by atoms with Crippen molar-refractivity contribution in [2.75, 3.05) is 6.61 Å². The molecule has 0 aliphatic heterocycles. The minimum absolute atomic E-state index is 0.101. The van der Waals surface area contributed by atoms with Crippen molar-refractivity contribution in [1.29, 1.82) is 0 Å². The van der Waals surface area contributed by atoms with Crippen molar-refractivity contribution in [3.05, 3.63) is 60.4 Å². The molecule has 5 nitrogen and oxygen atoms in total. The molecule has 1 N–H and O–H groups in total. The van der Waals surface area contributed by atoms with Gasteiger partial charge in [-0.2, -0.15) is 0 Å². The third-order valence-corrected chi connectivity index (χ3v) is 6.01. The van der Waals surface area contributed by atoms with Crippen LogP contribution in [-0.2, 0) is 9.53 Å². The van der Waals surface area contributed by atoms with E-state index in [1.807, 2.05) is 13.8 Å². The highest BCUT2D eigenvalue weighted by Gasteiger charge is 2.20. The minimum atomic E-state index is -0.610. The summed E-state index contributed by atoms with van der Waals surface area (Å²) in [5, 5.41) is 1.19. The predicted molar refractivity (Wildman–Crippen MR) is 111 cm³/mol. The van der Waals surface area contributed by atoms with Gasteiger partial charge in [-0.15, -0.1) is 11.3 Å². The molecule has 0 unspecified atom stereocenters. The average Bonchev–Trinajstić information content (AvgIpc) is 2.90. The Morgan fingerprint density at radius 3 is 2.78 bits per heavy atom. The van der Waals surface area contributed by atoms with Gasteiger partial charge in [0.1, 0.15) is 16.2 Å². The second-order valence-corrected chi connectivity index (χ2v) is 7.79. The summed E-state index contributed by atoms with van der Waals surface area (Å²) in [6, 6.07) is 5.08. The second-order valence-electron chi connectivity index (χ2n) is 5.80. The lowest BCUT2D eigenvalue weighted by atomic mass is 10.1. The number of rotatable bonds is 4. The zero-order valence-corrected chi connectivity index (χ0v) is 17.2. The van der Waals surface area contributed by atoms with Crippen LogP contribution in [0.1, 0.15) is 28.8 Å². The number of benzene rings is 1. The Labute approximate surface area is 169 Å². The number of thiophene rings is 1. The van der Waals surface area contributed by atoms with Gasteiger partial charge in [0, 0.05) is 4.88 Å². The molecule has 0 radical (unpaired) electrons. The summed E-state index contributed by atoms with van der Waals surface area (Å²) in [5.74, 6) is -0.482. The molecule has 0 bridgehead atoms. The highest BCUT2D eigenvalue weighted by atomic mass is 35.5. The maximum atomic E-state index is 12.6. The smallest absolute Gasteiger partial charge is 0.341 e. The van der Waals surface area contributed by atoms with E-state index in [9.17, 15) is 9.59 Å². The molecular weight excluding hydrogens is 407 g/mol. The van der Waals surface area contributed by atoms with E-state index in [2.05, 4.69) is 9.97 Å². The van der Waals surface area contributed by atoms with Crippen LogP contribution >= 0.6 is 34.5 Å². The number of hydrogen-bond donors (Lipinski definition) is 1. The van der Waals surface area contributed by atoms with Gasteiger partial charge in [-0.3, -0.25) is 4.79 Å². The number of nitrogens with zero attached hydrogens (tertiary/aromatic N) is 1. The monoisotopic (exact) mass is 422 g/mol. The standard InChI is InChI=1S/C19H16Cl2N2O3S/c1-4-26-19(25)12(8-11-6-5-7-13(20)15(11)21)16-22-17(24)14-9(2)10(3)27-18(14)23-16/h5-8H,4H2,1-3H3,(H,22,23,24). The zero-order valence-electron chi connectivity index (χ0n) is 14.9. The number of carbonyl (C=O) groups excluding carboxylic acids is 1. The number of nitrogens with one attached hydrogen (secondary N) is 1. The third kappa shape index (κ3) is 3.78. The van der Waals surface area contributed by atoms with Crippen LogP contribution in [0.2, 0.25) is 10.0 Å². The fraction of sp³-hybridized carbons (Fsp3) is 0.211. The fourth-order valence-corrected chi connectivity index (χ4v) is 3.99. The Bertz CT molecular complexity index is 1130. The van der Waals surface area contributed by atoms with Crippen LogP contribution in [0.15, 0.2) is 23.0 Å². The lowest BCUT2D eigenvalue weighted by molar-refractivity contribution is -0.136. The maximum Gasteiger partial charge on any atom is 0.341 e. The molecule has 2 heterocycles. The number of aryl methyl sites for hydroxylation is 2. The van der Waals surface area contributed by atoms with Gasteiger partial charge in [0.05, 0.1) is 22.0 Å². The Kier molecular flexibility index (Phi) is 5.69. The van der Waals surface area contributed by atoms with Crippen LogP contribution in [0.4, 0.5) is 0 Å². The molecular formula is C19H16Cl2N2O3S. The van der Waals surface area contributed by atoms with Crippen molar-refractivity contribution in [1.82, 2.24) is 9.97 Å². The number of H-pyrrole nitrogens is 1. The Morgan fingerprint density at radius 1 is 1.33 bits per heavy atom. The molecule has 0 saturated carbocycles. The highest BCUT2D eigenvalue weighted by Crippen LogP contribution is 2.30. The van der Waals surface area contributed by atoms with Gasteiger partial charge in [-0.1, -0.05) is 35.3 Å². The van der Waals surface area contributed by atoms with Crippen LogP contribution in [0.3, 0.4) is 0 Å². The van der Waals surface area contributed by atoms with Crippen LogP contribution in [0.25, 0.3) is 21.9 Å². The number of fused-ring (bicyclic) bond motifs is 1. The van der Waals surface area contributed by atoms with E-state index in [0.717, 1.165) is 10.4 Å². The normalized spacial score (nSPS) is 11.8. The minimum Gasteiger partial charge on any atom is -0.462 e. The molecule has 140 valence electrons. The first kappa shape index (κ1) is 19.6. The first-order valence-corrected chi connectivity index (χ1v) is 9.74. The maximum absolute atomic E-state index is 12.6. The van der Waals surface area contributed by atoms with Crippen molar-refractivity contribution in [3.8, 4) is 0 Å². The quantitative estimate of drug-likeness (QED) is 0.473. The zero-order chi connectivity index (χ0) is 19.7. The Hall–Kier alpha value is -2.15. The van der Waals surface area contributed by atoms with Crippen molar-refractivity contribution in [3.63, 3.8) is 0 Å². The van der Waals surface area contributed by atoms with E-state index in [4.69, 9.17) is 27.9 Å². The number of aromatic nitrogens is 2. The predicted octanol–water partition coefficient (Wildman–Crippen LogP) is 5.01. The molecule has 8 heteroatoms. The number of hydrogen-bond acceptors (Lipinski definition) is 5. The number of esters is 1. The van der Waals surface area contributed by atoms with Crippen molar-refractivity contribution >= 4 is 62.4 Å². The summed E-state index contributed by atoms with van der Waals surface area (Å²) in [6.45, 7) is 5.68. The van der Waals surface area contributed by atoms with Gasteiger partial charge in [0.2, 0.25) is 0 Å². The van der Waals surface area contributed by atoms with Crippen LogP contribution in [0, 0.1) is 13.8 Å². The molecule has 0 aliphatic rings. The van der Waals surface area contributed by atoms with Crippen molar-refractivity contribution in [2.45, 2.75) is 20.8 Å². The van der Waals surface area contributed by atoms with E-state index < -0.39 is 5.97 Å². The second kappa shape index (κ2) is 7.84. The first-order chi connectivity index (χ1) is 12.8. The third-order valence-electron chi connectivity index (χ3n) is 4.07. The van der Waals surface area contributed by atoms with Gasteiger partial charge in [0.25, 0.3) is 5.56 Å². The number of carbonyl (C=O) groups is 1. The van der Waals surface area contributed by atoms with Crippen molar-refractivity contribution < 1.29 is 9.53 Å². The first-order valence-electron chi connectivity index (χ1n) is 8.16. The van der Waals surface area contributed by atoms with Gasteiger partial charge in [-0.25, -0.2) is 9.78 Å². The van der Waals surface area contributed by atoms with E-state index in [1.54, 1.807) is 25.1 Å². The van der Waals surface area contributed by atoms with Gasteiger partial charge in [0.15, 0.2) is 0 Å². The van der Waals surface area contributed by atoms with Crippen LogP contribution in [0.5, 0.6) is 0 Å². The fourth-order valence-electron chi connectivity index (χ4n) is 2.60. The van der Waals surface area contributed by atoms with Crippen molar-refractivity contribution in [2.24, 2.45) is 0 Å². The molecule has 1 aromatic carbocycles. The molecule has 0 aliphatic carbocycles. The summed E-state index contributed by atoms with van der Waals surface area (Å²) >= 11 is 13.7. The van der Waals surface area contributed by atoms with Gasteiger partial charge in [-0.05, 0) is 44.0 Å². The summed E-state index contributed by atoms with van der Waals surface area (Å²) in [5.41, 5.74) is 1.20. The number of ether oxygens (including phenoxy) is 1. The molecule has 3 aromatic rings. The SMILES string of the molecule is CCOC(=O)C(=Cc1cccc(Cl)c1Cl)c1nc2sc(C)c(C)c2c(=O)[nH]1. The topological polar surface area (TPSA) is 72.0 Å². The summed E-state index contributed by atoms with van der Waals surface area (Å²) in [7, 11) is 0. The molecule has 3 rings (SSSR count). The summed E-state index contributed by atoms with van der Waals surface area (Å²) in [4.78, 5) is 33.9.